The summed E-state index contributed by atoms with van der Waals surface area (Å²) in [4.78, 5) is 14.7. The third-order valence-electron chi connectivity index (χ3n) is 4.50. The fourth-order valence-corrected chi connectivity index (χ4v) is 3.20. The molecule has 0 aliphatic carbocycles. The van der Waals surface area contributed by atoms with Crippen LogP contribution in [-0.2, 0) is 11.2 Å². The maximum absolute atomic E-state index is 12.4. The fraction of sp³-hybridized carbons (Fsp3) is 0.474. The molecular formula is C19H26ClN3O3. The Balaban J connectivity index is 2.10. The minimum absolute atomic E-state index is 0.0584. The van der Waals surface area contributed by atoms with Crippen molar-refractivity contribution in [2.24, 2.45) is 0 Å². The molecule has 0 fully saturated rings. The van der Waals surface area contributed by atoms with Crippen molar-refractivity contribution in [1.82, 2.24) is 15.4 Å². The van der Waals surface area contributed by atoms with Crippen molar-refractivity contribution < 1.29 is 14.1 Å². The number of amides is 1. The highest BCUT2D eigenvalue weighted by Gasteiger charge is 2.21. The van der Waals surface area contributed by atoms with E-state index in [-0.39, 0.29) is 23.6 Å². The number of ether oxygens (including phenoxy) is 1. The summed E-state index contributed by atoms with van der Waals surface area (Å²) in [5.74, 6) is 0.691. The number of aryl methyl sites for hydroxylation is 1. The third-order valence-corrected chi connectivity index (χ3v) is 4.80. The molecular weight excluding hydrogens is 354 g/mol. The summed E-state index contributed by atoms with van der Waals surface area (Å²) in [7, 11) is 1.65. The van der Waals surface area contributed by atoms with Gasteiger partial charge in [-0.15, -0.1) is 0 Å². The van der Waals surface area contributed by atoms with Crippen molar-refractivity contribution in [3.8, 4) is 5.75 Å². The molecule has 0 saturated carbocycles. The van der Waals surface area contributed by atoms with Crippen LogP contribution in [0.15, 0.2) is 28.8 Å². The number of hydrogen-bond acceptors (Lipinski definition) is 5. The zero-order chi connectivity index (χ0) is 19.1. The van der Waals surface area contributed by atoms with Crippen molar-refractivity contribution in [2.75, 3.05) is 26.7 Å². The second-order valence-electron chi connectivity index (χ2n) is 6.01. The summed E-state index contributed by atoms with van der Waals surface area (Å²) in [6, 6.07) is 8.00. The van der Waals surface area contributed by atoms with Crippen LogP contribution in [0.4, 0.5) is 0 Å². The monoisotopic (exact) mass is 379 g/mol. The Kier molecular flexibility index (Phi) is 7.48. The molecule has 0 unspecified atom stereocenters. The Morgan fingerprint density at radius 3 is 2.69 bits per heavy atom. The van der Waals surface area contributed by atoms with Gasteiger partial charge < -0.3 is 14.6 Å². The summed E-state index contributed by atoms with van der Waals surface area (Å²) >= 11 is 5.95. The van der Waals surface area contributed by atoms with Gasteiger partial charge in [0.05, 0.1) is 25.3 Å². The summed E-state index contributed by atoms with van der Waals surface area (Å²) in [6.07, 6.45) is 0.150. The lowest BCUT2D eigenvalue weighted by atomic mass is 10.0. The molecule has 0 saturated heterocycles. The Hall–Kier alpha value is -2.05. The lowest BCUT2D eigenvalue weighted by molar-refractivity contribution is -0.120. The number of rotatable bonds is 9. The molecule has 1 aromatic heterocycles. The number of aromatic nitrogens is 1. The summed E-state index contributed by atoms with van der Waals surface area (Å²) in [5.41, 5.74) is 2.37. The van der Waals surface area contributed by atoms with E-state index < -0.39 is 0 Å². The van der Waals surface area contributed by atoms with E-state index in [2.05, 4.69) is 35.3 Å². The first-order valence-electron chi connectivity index (χ1n) is 8.75. The summed E-state index contributed by atoms with van der Waals surface area (Å²) < 4.78 is 10.2. The van der Waals surface area contributed by atoms with Crippen molar-refractivity contribution in [3.63, 3.8) is 0 Å². The number of carbonyl (C=O) groups excluding carboxylic acids is 1. The van der Waals surface area contributed by atoms with Crippen LogP contribution in [-0.4, -0.2) is 42.7 Å². The standard InChI is InChI=1S/C19H26ClN3O3/c1-5-23(6-2)17(14-8-7-9-15(10-14)25-4)12-21-18(24)11-16-13(3)22-26-19(16)20/h7-10,17H,5-6,11-12H2,1-4H3,(H,21,24)/t17-/m0/s1. The molecule has 6 nitrogen and oxygen atoms in total. The first kappa shape index (κ1) is 20.3. The van der Waals surface area contributed by atoms with Crippen LogP contribution in [0.5, 0.6) is 5.75 Å². The molecule has 0 spiro atoms. The molecule has 1 heterocycles. The maximum atomic E-state index is 12.4. The molecule has 0 bridgehead atoms. The normalized spacial score (nSPS) is 12.2. The van der Waals surface area contributed by atoms with E-state index in [1.807, 2.05) is 18.2 Å². The smallest absolute Gasteiger partial charge is 0.229 e. The second kappa shape index (κ2) is 9.59. The topological polar surface area (TPSA) is 67.6 Å². The largest absolute Gasteiger partial charge is 0.497 e. The van der Waals surface area contributed by atoms with E-state index in [9.17, 15) is 4.79 Å². The average Bonchev–Trinajstić information content (AvgIpc) is 2.97. The number of hydrogen-bond donors (Lipinski definition) is 1. The van der Waals surface area contributed by atoms with Crippen molar-refractivity contribution in [3.05, 3.63) is 46.3 Å². The molecule has 2 aromatic rings. The van der Waals surface area contributed by atoms with Gasteiger partial charge in [0.1, 0.15) is 5.75 Å². The lowest BCUT2D eigenvalue weighted by Crippen LogP contribution is -2.38. The zero-order valence-corrected chi connectivity index (χ0v) is 16.5. The first-order valence-corrected chi connectivity index (χ1v) is 9.13. The predicted molar refractivity (Wildman–Crippen MR) is 102 cm³/mol. The minimum Gasteiger partial charge on any atom is -0.497 e. The summed E-state index contributed by atoms with van der Waals surface area (Å²) in [6.45, 7) is 8.25. The Morgan fingerprint density at radius 1 is 1.38 bits per heavy atom. The minimum atomic E-state index is -0.113. The molecule has 1 amide bonds. The number of carbonyl (C=O) groups is 1. The molecule has 0 aliphatic rings. The SMILES string of the molecule is CCN(CC)[C@@H](CNC(=O)Cc1c(C)noc1Cl)c1cccc(OC)c1. The van der Waals surface area contributed by atoms with Gasteiger partial charge in [-0.1, -0.05) is 31.1 Å². The lowest BCUT2D eigenvalue weighted by Gasteiger charge is -2.30. The Morgan fingerprint density at radius 2 is 2.12 bits per heavy atom. The van der Waals surface area contributed by atoms with Gasteiger partial charge in [-0.05, 0) is 49.3 Å². The van der Waals surface area contributed by atoms with Gasteiger partial charge in [-0.3, -0.25) is 9.69 Å². The molecule has 0 radical (unpaired) electrons. The highest BCUT2D eigenvalue weighted by molar-refractivity contribution is 6.29. The van der Waals surface area contributed by atoms with Crippen molar-refractivity contribution in [2.45, 2.75) is 33.2 Å². The number of nitrogens with zero attached hydrogens (tertiary/aromatic N) is 2. The maximum Gasteiger partial charge on any atom is 0.229 e. The number of halogens is 1. The molecule has 1 aromatic carbocycles. The van der Waals surface area contributed by atoms with Crippen LogP contribution in [0.25, 0.3) is 0 Å². The van der Waals surface area contributed by atoms with Gasteiger partial charge in [0, 0.05) is 12.1 Å². The summed E-state index contributed by atoms with van der Waals surface area (Å²) in [5, 5.41) is 6.96. The number of benzene rings is 1. The van der Waals surface area contributed by atoms with Crippen LogP contribution in [0, 0.1) is 6.92 Å². The van der Waals surface area contributed by atoms with Crippen molar-refractivity contribution in [1.29, 1.82) is 0 Å². The molecule has 26 heavy (non-hydrogen) atoms. The Labute approximate surface area is 159 Å². The van der Waals surface area contributed by atoms with Gasteiger partial charge in [-0.2, -0.15) is 0 Å². The molecule has 7 heteroatoms. The van der Waals surface area contributed by atoms with Crippen molar-refractivity contribution >= 4 is 17.5 Å². The van der Waals surface area contributed by atoms with Crippen LogP contribution in [0.3, 0.4) is 0 Å². The van der Waals surface area contributed by atoms with Gasteiger partial charge in [0.25, 0.3) is 0 Å². The Bertz CT molecular complexity index is 709. The third kappa shape index (κ3) is 4.99. The van der Waals surface area contributed by atoms with Crippen LogP contribution in [0.1, 0.15) is 36.7 Å². The van der Waals surface area contributed by atoms with Crippen LogP contribution < -0.4 is 10.1 Å². The molecule has 142 valence electrons. The number of nitrogens with one attached hydrogen (secondary N) is 1. The van der Waals surface area contributed by atoms with Crippen LogP contribution in [0.2, 0.25) is 5.22 Å². The van der Waals surface area contributed by atoms with Crippen LogP contribution >= 0.6 is 11.6 Å². The van der Waals surface area contributed by atoms with E-state index in [0.717, 1.165) is 24.4 Å². The zero-order valence-electron chi connectivity index (χ0n) is 15.7. The van der Waals surface area contributed by atoms with E-state index in [0.29, 0.717) is 17.8 Å². The quantitative estimate of drug-likeness (QED) is 0.723. The van der Waals surface area contributed by atoms with E-state index in [1.54, 1.807) is 14.0 Å². The number of methoxy groups -OCH3 is 1. The highest BCUT2D eigenvalue weighted by Crippen LogP contribution is 2.24. The van der Waals surface area contributed by atoms with Gasteiger partial charge in [0.15, 0.2) is 0 Å². The van der Waals surface area contributed by atoms with Gasteiger partial charge >= 0.3 is 0 Å². The highest BCUT2D eigenvalue weighted by atomic mass is 35.5. The molecule has 1 N–H and O–H groups in total. The van der Waals surface area contributed by atoms with E-state index in [4.69, 9.17) is 20.9 Å². The van der Waals surface area contributed by atoms with Gasteiger partial charge in [-0.25, -0.2) is 0 Å². The molecule has 1 atom stereocenters. The second-order valence-corrected chi connectivity index (χ2v) is 6.36. The van der Waals surface area contributed by atoms with E-state index >= 15 is 0 Å². The fourth-order valence-electron chi connectivity index (χ4n) is 2.96. The number of likely N-dealkylation sites (N-methyl/N-ethyl adjacent to an activating group) is 1. The first-order chi connectivity index (χ1) is 12.5. The van der Waals surface area contributed by atoms with Gasteiger partial charge in [0.2, 0.25) is 11.1 Å². The molecule has 0 aliphatic heterocycles. The van der Waals surface area contributed by atoms with E-state index in [1.165, 1.54) is 0 Å². The molecule has 2 rings (SSSR count). The predicted octanol–water partition coefficient (Wildman–Crippen LogP) is 3.39. The average molecular weight is 380 g/mol.